The molecule has 1 rings (SSSR count). The molecule has 0 heterocycles. The van der Waals surface area contributed by atoms with E-state index in [0.717, 1.165) is 12.0 Å². The van der Waals surface area contributed by atoms with Crippen LogP contribution >= 0.6 is 0 Å². The van der Waals surface area contributed by atoms with Crippen LogP contribution in [0, 0.1) is 0 Å². The summed E-state index contributed by atoms with van der Waals surface area (Å²) >= 11 is 0. The molecule has 0 unspecified atom stereocenters. The van der Waals surface area contributed by atoms with Gasteiger partial charge in [-0.2, -0.15) is 0 Å². The van der Waals surface area contributed by atoms with Crippen LogP contribution in [0.15, 0.2) is 48.7 Å². The lowest BCUT2D eigenvalue weighted by Gasteiger charge is -2.00. The van der Waals surface area contributed by atoms with Crippen molar-refractivity contribution >= 4 is 12.0 Å². The van der Waals surface area contributed by atoms with Crippen LogP contribution in [0.1, 0.15) is 25.3 Å². The predicted octanol–water partition coefficient (Wildman–Crippen LogP) is 3.56. The first kappa shape index (κ1) is 12.2. The van der Waals surface area contributed by atoms with Crippen LogP contribution in [0.4, 0.5) is 0 Å². The molecule has 1 aromatic rings. The Morgan fingerprint density at radius 2 is 2.06 bits per heavy atom. The van der Waals surface area contributed by atoms with Gasteiger partial charge in [-0.15, -0.1) is 0 Å². The van der Waals surface area contributed by atoms with E-state index in [1.807, 2.05) is 37.3 Å². The maximum absolute atomic E-state index is 11.4. The Balaban J connectivity index is 2.43. The summed E-state index contributed by atoms with van der Waals surface area (Å²) in [6.45, 7) is 5.66. The van der Waals surface area contributed by atoms with Crippen LogP contribution in [0.2, 0.25) is 0 Å². The quantitative estimate of drug-likeness (QED) is 0.427. The van der Waals surface area contributed by atoms with Crippen molar-refractivity contribution in [1.82, 2.24) is 0 Å². The average molecular weight is 216 g/mol. The fourth-order valence-electron chi connectivity index (χ4n) is 1.23. The van der Waals surface area contributed by atoms with E-state index in [0.29, 0.717) is 12.0 Å². The maximum atomic E-state index is 11.4. The van der Waals surface area contributed by atoms with Crippen LogP contribution in [0.3, 0.4) is 0 Å². The highest BCUT2D eigenvalue weighted by Crippen LogP contribution is 2.06. The zero-order valence-corrected chi connectivity index (χ0v) is 9.48. The second-order valence-electron chi connectivity index (χ2n) is 3.47. The highest BCUT2D eigenvalue weighted by molar-refractivity contribution is 5.88. The topological polar surface area (TPSA) is 26.3 Å². The van der Waals surface area contributed by atoms with Gasteiger partial charge in [-0.05, 0) is 18.1 Å². The molecular weight excluding hydrogens is 200 g/mol. The molecule has 0 radical (unpaired) electrons. The lowest BCUT2D eigenvalue weighted by molar-refractivity contribution is -0.133. The molecule has 0 saturated heterocycles. The third kappa shape index (κ3) is 4.13. The van der Waals surface area contributed by atoms with Gasteiger partial charge in [0.1, 0.15) is 0 Å². The molecule has 2 nitrogen and oxygen atoms in total. The minimum Gasteiger partial charge on any atom is -0.431 e. The Bertz CT molecular complexity index is 377. The fraction of sp³-hybridized carbons (Fsp3) is 0.214. The minimum absolute atomic E-state index is 0.353. The summed E-state index contributed by atoms with van der Waals surface area (Å²) in [5.74, 6) is -0.353. The number of hydrogen-bond acceptors (Lipinski definition) is 2. The van der Waals surface area contributed by atoms with Gasteiger partial charge in [0, 0.05) is 5.57 Å². The largest absolute Gasteiger partial charge is 0.431 e. The third-order valence-electron chi connectivity index (χ3n) is 2.08. The molecule has 2 heteroatoms. The second-order valence-corrected chi connectivity index (χ2v) is 3.47. The van der Waals surface area contributed by atoms with E-state index in [4.69, 9.17) is 4.74 Å². The Hall–Kier alpha value is -1.83. The van der Waals surface area contributed by atoms with Crippen LogP contribution < -0.4 is 0 Å². The zero-order chi connectivity index (χ0) is 11.8. The summed E-state index contributed by atoms with van der Waals surface area (Å²) in [7, 11) is 0. The van der Waals surface area contributed by atoms with Gasteiger partial charge in [0.25, 0.3) is 0 Å². The van der Waals surface area contributed by atoms with E-state index in [1.165, 1.54) is 6.26 Å². The first-order valence-corrected chi connectivity index (χ1v) is 5.34. The smallest absolute Gasteiger partial charge is 0.338 e. The summed E-state index contributed by atoms with van der Waals surface area (Å²) < 4.78 is 4.94. The van der Waals surface area contributed by atoms with Gasteiger partial charge in [-0.25, -0.2) is 4.79 Å². The molecule has 0 aliphatic carbocycles. The molecule has 0 saturated carbocycles. The molecule has 0 spiro atoms. The van der Waals surface area contributed by atoms with Gasteiger partial charge in [-0.3, -0.25) is 0 Å². The van der Waals surface area contributed by atoms with Gasteiger partial charge in [-0.1, -0.05) is 50.3 Å². The van der Waals surface area contributed by atoms with Gasteiger partial charge in [0.05, 0.1) is 6.26 Å². The fourth-order valence-corrected chi connectivity index (χ4v) is 1.23. The molecule has 1 aromatic carbocycles. The molecular formula is C14H16O2. The zero-order valence-electron chi connectivity index (χ0n) is 9.48. The van der Waals surface area contributed by atoms with E-state index >= 15 is 0 Å². The summed E-state index contributed by atoms with van der Waals surface area (Å²) in [6, 6.07) is 9.66. The Labute approximate surface area is 96.2 Å². The molecule has 0 aromatic heterocycles. The third-order valence-corrected chi connectivity index (χ3v) is 2.08. The summed E-state index contributed by atoms with van der Waals surface area (Å²) in [4.78, 5) is 11.4. The van der Waals surface area contributed by atoms with Gasteiger partial charge in [0.2, 0.25) is 0 Å². The van der Waals surface area contributed by atoms with Crippen molar-refractivity contribution in [3.05, 3.63) is 54.3 Å². The lowest BCUT2D eigenvalue weighted by Crippen LogP contribution is -2.02. The SMILES string of the molecule is C=C(CCC)C(=O)OC=Cc1ccccc1. The Kier molecular flexibility index (Phi) is 5.06. The van der Waals surface area contributed by atoms with Crippen molar-refractivity contribution in [2.24, 2.45) is 0 Å². The number of carbonyl (C=O) groups excluding carboxylic acids is 1. The van der Waals surface area contributed by atoms with E-state index in [2.05, 4.69) is 6.58 Å². The molecule has 0 aliphatic rings. The summed E-state index contributed by atoms with van der Waals surface area (Å²) in [5, 5.41) is 0. The number of ether oxygens (including phenoxy) is 1. The van der Waals surface area contributed by atoms with Gasteiger partial charge >= 0.3 is 5.97 Å². The number of carbonyl (C=O) groups is 1. The first-order chi connectivity index (χ1) is 7.74. The van der Waals surface area contributed by atoms with Crippen LogP contribution in [-0.2, 0) is 9.53 Å². The van der Waals surface area contributed by atoms with Crippen molar-refractivity contribution in [3.63, 3.8) is 0 Å². The first-order valence-electron chi connectivity index (χ1n) is 5.34. The van der Waals surface area contributed by atoms with Crippen molar-refractivity contribution < 1.29 is 9.53 Å². The lowest BCUT2D eigenvalue weighted by atomic mass is 10.2. The van der Waals surface area contributed by atoms with Gasteiger partial charge in [0.15, 0.2) is 0 Å². The molecule has 0 bridgehead atoms. The van der Waals surface area contributed by atoms with Crippen LogP contribution in [-0.4, -0.2) is 5.97 Å². The van der Waals surface area contributed by atoms with Crippen LogP contribution in [0.5, 0.6) is 0 Å². The molecule has 16 heavy (non-hydrogen) atoms. The minimum atomic E-state index is -0.353. The number of benzene rings is 1. The van der Waals surface area contributed by atoms with Crippen LogP contribution in [0.25, 0.3) is 6.08 Å². The molecule has 0 atom stereocenters. The van der Waals surface area contributed by atoms with Crippen molar-refractivity contribution in [2.45, 2.75) is 19.8 Å². The molecule has 0 fully saturated rings. The van der Waals surface area contributed by atoms with E-state index in [1.54, 1.807) is 6.08 Å². The standard InChI is InChI=1S/C14H16O2/c1-3-7-12(2)14(15)16-11-10-13-8-5-4-6-9-13/h4-6,8-11H,2-3,7H2,1H3. The maximum Gasteiger partial charge on any atom is 0.338 e. The van der Waals surface area contributed by atoms with Gasteiger partial charge < -0.3 is 4.74 Å². The molecule has 0 amide bonds. The molecule has 84 valence electrons. The predicted molar refractivity (Wildman–Crippen MR) is 65.6 cm³/mol. The second kappa shape index (κ2) is 6.62. The van der Waals surface area contributed by atoms with E-state index in [9.17, 15) is 4.79 Å². The van der Waals surface area contributed by atoms with E-state index in [-0.39, 0.29) is 5.97 Å². The van der Waals surface area contributed by atoms with E-state index < -0.39 is 0 Å². The summed E-state index contributed by atoms with van der Waals surface area (Å²) in [5.41, 5.74) is 1.51. The van der Waals surface area contributed by atoms with Crippen molar-refractivity contribution in [3.8, 4) is 0 Å². The number of hydrogen-bond donors (Lipinski definition) is 0. The molecule has 0 aliphatic heterocycles. The highest BCUT2D eigenvalue weighted by Gasteiger charge is 2.04. The highest BCUT2D eigenvalue weighted by atomic mass is 16.5. The number of esters is 1. The normalized spacial score (nSPS) is 10.3. The Morgan fingerprint density at radius 1 is 1.38 bits per heavy atom. The average Bonchev–Trinajstić information content (AvgIpc) is 2.30. The monoisotopic (exact) mass is 216 g/mol. The number of rotatable bonds is 5. The Morgan fingerprint density at radius 3 is 2.69 bits per heavy atom. The van der Waals surface area contributed by atoms with Crippen molar-refractivity contribution in [1.29, 1.82) is 0 Å². The summed E-state index contributed by atoms with van der Waals surface area (Å²) in [6.07, 6.45) is 4.73. The van der Waals surface area contributed by atoms with Crippen molar-refractivity contribution in [2.75, 3.05) is 0 Å². The molecule has 0 N–H and O–H groups in total.